The van der Waals surface area contributed by atoms with Gasteiger partial charge in [-0.3, -0.25) is 4.79 Å². The molecule has 1 aliphatic heterocycles. The van der Waals surface area contributed by atoms with Crippen molar-refractivity contribution in [3.63, 3.8) is 0 Å². The molecule has 0 saturated carbocycles. The summed E-state index contributed by atoms with van der Waals surface area (Å²) >= 11 is 3.13. The Morgan fingerprint density at radius 2 is 2.31 bits per heavy atom. The molecule has 16 heavy (non-hydrogen) atoms. The maximum Gasteiger partial charge on any atom is 0.231 e. The zero-order valence-corrected chi connectivity index (χ0v) is 9.84. The number of carbonyl (C=O) groups is 1. The highest BCUT2D eigenvalue weighted by Gasteiger charge is 2.26. The third kappa shape index (κ3) is 1.78. The maximum absolute atomic E-state index is 13.9. The molecule has 86 valence electrons. The Hall–Kier alpha value is -1.14. The molecular weight excluding hydrogens is 281 g/mol. The van der Waals surface area contributed by atoms with E-state index in [2.05, 4.69) is 15.9 Å². The van der Waals surface area contributed by atoms with Gasteiger partial charge in [0.15, 0.2) is 17.3 Å². The number of benzene rings is 1. The van der Waals surface area contributed by atoms with E-state index in [-0.39, 0.29) is 36.9 Å². The lowest BCUT2D eigenvalue weighted by molar-refractivity contribution is 0.0979. The van der Waals surface area contributed by atoms with E-state index in [1.54, 1.807) is 0 Å². The fraction of sp³-hybridized carbons (Fsp3) is 0.300. The van der Waals surface area contributed by atoms with Crippen LogP contribution in [0.5, 0.6) is 11.5 Å². The van der Waals surface area contributed by atoms with E-state index in [0.717, 1.165) is 0 Å². The van der Waals surface area contributed by atoms with Crippen LogP contribution in [-0.2, 0) is 0 Å². The minimum absolute atomic E-state index is 0.0106. The summed E-state index contributed by atoms with van der Waals surface area (Å²) in [6.45, 7) is 0.145. The molecule has 0 fully saturated rings. The Kier molecular flexibility index (Phi) is 3.11. The van der Waals surface area contributed by atoms with Gasteiger partial charge in [-0.2, -0.15) is 0 Å². The van der Waals surface area contributed by atoms with Gasteiger partial charge in [0.25, 0.3) is 0 Å². The second-order valence-corrected chi connectivity index (χ2v) is 4.10. The molecule has 2 N–H and O–H groups in total. The molecule has 0 aliphatic carbocycles. The number of ketones is 1. The van der Waals surface area contributed by atoms with E-state index in [0.29, 0.717) is 10.2 Å². The van der Waals surface area contributed by atoms with Crippen molar-refractivity contribution in [2.24, 2.45) is 5.73 Å². The molecule has 0 saturated heterocycles. The van der Waals surface area contributed by atoms with Crippen LogP contribution in [-0.4, -0.2) is 19.1 Å². The van der Waals surface area contributed by atoms with Crippen molar-refractivity contribution < 1.29 is 18.7 Å². The lowest BCUT2D eigenvalue weighted by atomic mass is 10.1. The maximum atomic E-state index is 13.9. The van der Waals surface area contributed by atoms with Crippen molar-refractivity contribution in [3.8, 4) is 11.5 Å². The lowest BCUT2D eigenvalue weighted by Crippen LogP contribution is -2.10. The summed E-state index contributed by atoms with van der Waals surface area (Å²) in [5, 5.41) is 0. The first-order valence-corrected chi connectivity index (χ1v) is 5.45. The van der Waals surface area contributed by atoms with E-state index in [4.69, 9.17) is 15.2 Å². The van der Waals surface area contributed by atoms with Crippen LogP contribution in [0, 0.1) is 5.82 Å². The second-order valence-electron chi connectivity index (χ2n) is 3.24. The molecular formula is C10H9BrFNO3. The Bertz CT molecular complexity index is 450. The third-order valence-electron chi connectivity index (χ3n) is 2.21. The zero-order valence-electron chi connectivity index (χ0n) is 8.26. The van der Waals surface area contributed by atoms with Crippen LogP contribution in [0.4, 0.5) is 4.39 Å². The normalized spacial score (nSPS) is 12.9. The molecule has 4 nitrogen and oxygen atoms in total. The highest BCUT2D eigenvalue weighted by molar-refractivity contribution is 9.10. The average Bonchev–Trinajstić information content (AvgIpc) is 2.66. The van der Waals surface area contributed by atoms with Crippen LogP contribution < -0.4 is 15.2 Å². The van der Waals surface area contributed by atoms with Crippen molar-refractivity contribution in [3.05, 3.63) is 21.9 Å². The van der Waals surface area contributed by atoms with Gasteiger partial charge >= 0.3 is 0 Å². The van der Waals surface area contributed by atoms with Gasteiger partial charge in [0.05, 0.1) is 5.56 Å². The number of hydrogen-bond donors (Lipinski definition) is 1. The molecule has 0 unspecified atom stereocenters. The van der Waals surface area contributed by atoms with Gasteiger partial charge in [0.1, 0.15) is 0 Å². The highest BCUT2D eigenvalue weighted by atomic mass is 79.9. The summed E-state index contributed by atoms with van der Waals surface area (Å²) in [5.74, 6) is -0.761. The van der Waals surface area contributed by atoms with Gasteiger partial charge in [0.2, 0.25) is 12.5 Å². The minimum atomic E-state index is -0.694. The van der Waals surface area contributed by atoms with E-state index in [1.165, 1.54) is 6.07 Å². The molecule has 1 heterocycles. The predicted molar refractivity (Wildman–Crippen MR) is 58.2 cm³/mol. The fourth-order valence-electron chi connectivity index (χ4n) is 1.48. The smallest absolute Gasteiger partial charge is 0.231 e. The Balaban J connectivity index is 2.50. The molecule has 1 aromatic carbocycles. The second kappa shape index (κ2) is 4.39. The van der Waals surface area contributed by atoms with Gasteiger partial charge in [0, 0.05) is 10.9 Å². The number of fused-ring (bicyclic) bond motifs is 1. The number of halogens is 2. The summed E-state index contributed by atoms with van der Waals surface area (Å²) in [4.78, 5) is 11.6. The molecule has 0 amide bonds. The Morgan fingerprint density at radius 3 is 3.00 bits per heavy atom. The first-order chi connectivity index (χ1) is 7.65. The van der Waals surface area contributed by atoms with Crippen molar-refractivity contribution in [2.75, 3.05) is 13.3 Å². The molecule has 1 aliphatic rings. The van der Waals surface area contributed by atoms with Gasteiger partial charge in [-0.05, 0) is 28.5 Å². The fourth-order valence-corrected chi connectivity index (χ4v) is 2.09. The molecule has 0 bridgehead atoms. The zero-order chi connectivity index (χ0) is 11.7. The van der Waals surface area contributed by atoms with Crippen LogP contribution in [0.25, 0.3) is 0 Å². The third-order valence-corrected chi connectivity index (χ3v) is 2.83. The number of Topliss-reactive ketones (excluding diaryl/α,β-unsaturated/α-hetero) is 1. The summed E-state index contributed by atoms with van der Waals surface area (Å²) in [7, 11) is 0. The first kappa shape index (κ1) is 11.3. The minimum Gasteiger partial charge on any atom is -0.453 e. The average molecular weight is 290 g/mol. The van der Waals surface area contributed by atoms with Crippen molar-refractivity contribution in [2.45, 2.75) is 6.42 Å². The number of nitrogens with two attached hydrogens (primary N) is 1. The van der Waals surface area contributed by atoms with Gasteiger partial charge < -0.3 is 15.2 Å². The summed E-state index contributed by atoms with van der Waals surface area (Å²) in [6, 6.07) is 1.52. The highest BCUT2D eigenvalue weighted by Crippen LogP contribution is 2.40. The van der Waals surface area contributed by atoms with Crippen LogP contribution in [0.2, 0.25) is 0 Å². The van der Waals surface area contributed by atoms with Gasteiger partial charge in [-0.25, -0.2) is 4.39 Å². The summed E-state index contributed by atoms with van der Waals surface area (Å²) in [6.07, 6.45) is 0.0924. The van der Waals surface area contributed by atoms with Crippen molar-refractivity contribution >= 4 is 21.7 Å². The number of hydrogen-bond acceptors (Lipinski definition) is 4. The molecule has 0 aromatic heterocycles. The van der Waals surface area contributed by atoms with Crippen molar-refractivity contribution in [1.82, 2.24) is 0 Å². The van der Waals surface area contributed by atoms with Gasteiger partial charge in [-0.15, -0.1) is 0 Å². The lowest BCUT2D eigenvalue weighted by Gasteiger charge is -2.07. The van der Waals surface area contributed by atoms with E-state index in [9.17, 15) is 9.18 Å². The molecule has 2 rings (SSSR count). The molecule has 1 aromatic rings. The van der Waals surface area contributed by atoms with E-state index < -0.39 is 5.82 Å². The van der Waals surface area contributed by atoms with Crippen LogP contribution in [0.15, 0.2) is 10.5 Å². The molecule has 0 spiro atoms. The largest absolute Gasteiger partial charge is 0.453 e. The predicted octanol–water partition coefficient (Wildman–Crippen LogP) is 1.85. The molecule has 0 radical (unpaired) electrons. The van der Waals surface area contributed by atoms with Crippen LogP contribution >= 0.6 is 15.9 Å². The van der Waals surface area contributed by atoms with E-state index >= 15 is 0 Å². The number of carbonyl (C=O) groups excluding carboxylic acids is 1. The SMILES string of the molecule is NCCC(=O)c1c(Br)cc2c(c1F)OCO2. The quantitative estimate of drug-likeness (QED) is 0.863. The Morgan fingerprint density at radius 1 is 1.56 bits per heavy atom. The van der Waals surface area contributed by atoms with Crippen molar-refractivity contribution in [1.29, 1.82) is 0 Å². The van der Waals surface area contributed by atoms with E-state index in [1.807, 2.05) is 0 Å². The summed E-state index contributed by atoms with van der Waals surface area (Å²) < 4.78 is 24.2. The van der Waals surface area contributed by atoms with Crippen LogP contribution in [0.3, 0.4) is 0 Å². The molecule has 6 heteroatoms. The van der Waals surface area contributed by atoms with Crippen LogP contribution in [0.1, 0.15) is 16.8 Å². The summed E-state index contributed by atoms with van der Waals surface area (Å²) in [5.41, 5.74) is 5.23. The first-order valence-electron chi connectivity index (χ1n) is 4.66. The number of ether oxygens (including phenoxy) is 2. The topological polar surface area (TPSA) is 61.6 Å². The number of rotatable bonds is 3. The molecule has 0 atom stereocenters. The monoisotopic (exact) mass is 289 g/mol. The Labute approximate surface area is 99.6 Å². The van der Waals surface area contributed by atoms with Gasteiger partial charge in [-0.1, -0.05) is 0 Å². The standard InChI is InChI=1S/C10H9BrFNO3/c11-5-3-7-10(16-4-15-7)9(12)8(5)6(14)1-2-13/h3H,1-2,4,13H2.